The summed E-state index contributed by atoms with van der Waals surface area (Å²) in [4.78, 5) is 0.530. The van der Waals surface area contributed by atoms with Crippen molar-refractivity contribution in [2.45, 2.75) is 44.2 Å². The van der Waals surface area contributed by atoms with E-state index in [1.165, 1.54) is 11.6 Å². The fourth-order valence-electron chi connectivity index (χ4n) is 2.60. The van der Waals surface area contributed by atoms with E-state index in [4.69, 9.17) is 0 Å². The van der Waals surface area contributed by atoms with Crippen LogP contribution in [0, 0.1) is 6.92 Å². The lowest BCUT2D eigenvalue weighted by Crippen LogP contribution is -2.13. The molecule has 0 aliphatic heterocycles. The lowest BCUT2D eigenvalue weighted by molar-refractivity contribution is -0.137. The van der Waals surface area contributed by atoms with E-state index in [0.29, 0.717) is 4.90 Å². The molecule has 24 heavy (non-hydrogen) atoms. The predicted molar refractivity (Wildman–Crippen MR) is 97.9 cm³/mol. The Bertz CT molecular complexity index is 758. The van der Waals surface area contributed by atoms with Crippen LogP contribution in [0.5, 0.6) is 0 Å². The van der Waals surface area contributed by atoms with E-state index in [2.05, 4.69) is 37.4 Å². The molecule has 1 atom stereocenters. The van der Waals surface area contributed by atoms with E-state index in [1.807, 2.05) is 19.1 Å². The zero-order valence-corrected chi connectivity index (χ0v) is 15.1. The second-order valence-corrected chi connectivity index (χ2v) is 8.26. The topological polar surface area (TPSA) is 12.0 Å². The summed E-state index contributed by atoms with van der Waals surface area (Å²) in [5.41, 5.74) is 2.65. The van der Waals surface area contributed by atoms with E-state index in [0.717, 1.165) is 23.4 Å². The standard InChI is InChI=1S/C19H22F3NS/c1-13-11-15(9-10-17(13)18(2,3)4)23-24(5)16-8-6-7-14(12-16)19(20,21)22/h6-12,23H,5H2,1-4H3. The highest BCUT2D eigenvalue weighted by Gasteiger charge is 2.30. The first-order valence-electron chi connectivity index (χ1n) is 7.57. The number of hydrogen-bond acceptors (Lipinski definition) is 1. The van der Waals surface area contributed by atoms with Gasteiger partial charge in [-0.05, 0) is 53.8 Å². The summed E-state index contributed by atoms with van der Waals surface area (Å²) in [7, 11) is -0.766. The van der Waals surface area contributed by atoms with E-state index >= 15 is 0 Å². The summed E-state index contributed by atoms with van der Waals surface area (Å²) in [5.74, 6) is 3.98. The molecule has 1 N–H and O–H groups in total. The Balaban J connectivity index is 2.23. The predicted octanol–water partition coefficient (Wildman–Crippen LogP) is 6.40. The van der Waals surface area contributed by atoms with E-state index in [9.17, 15) is 13.2 Å². The summed E-state index contributed by atoms with van der Waals surface area (Å²) < 4.78 is 41.7. The molecule has 0 heterocycles. The molecule has 0 saturated carbocycles. The SMILES string of the molecule is C=S(Nc1ccc(C(C)(C)C)c(C)c1)c1cccc(C(F)(F)F)c1. The average Bonchev–Trinajstić information content (AvgIpc) is 2.45. The number of anilines is 1. The van der Waals surface area contributed by atoms with E-state index in [1.54, 1.807) is 6.07 Å². The minimum atomic E-state index is -4.34. The molecule has 0 saturated heterocycles. The number of aryl methyl sites for hydroxylation is 1. The van der Waals surface area contributed by atoms with Crippen LogP contribution in [0.4, 0.5) is 18.9 Å². The average molecular weight is 353 g/mol. The van der Waals surface area contributed by atoms with E-state index in [-0.39, 0.29) is 5.41 Å². The number of halogens is 3. The Morgan fingerprint density at radius 2 is 1.67 bits per heavy atom. The van der Waals surface area contributed by atoms with Crippen molar-refractivity contribution in [2.75, 3.05) is 4.72 Å². The van der Waals surface area contributed by atoms with Crippen LogP contribution in [0.3, 0.4) is 0 Å². The van der Waals surface area contributed by atoms with Gasteiger partial charge in [-0.2, -0.15) is 13.2 Å². The van der Waals surface area contributed by atoms with Gasteiger partial charge in [0.2, 0.25) is 0 Å². The van der Waals surface area contributed by atoms with Gasteiger partial charge in [-0.3, -0.25) is 0 Å². The first-order chi connectivity index (χ1) is 11.0. The molecule has 0 spiro atoms. The van der Waals surface area contributed by atoms with E-state index < -0.39 is 22.4 Å². The summed E-state index contributed by atoms with van der Waals surface area (Å²) in [6, 6.07) is 11.3. The minimum absolute atomic E-state index is 0.0514. The Labute approximate surface area is 144 Å². The Morgan fingerprint density at radius 3 is 2.21 bits per heavy atom. The highest BCUT2D eigenvalue weighted by Crippen LogP contribution is 2.35. The van der Waals surface area contributed by atoms with Crippen molar-refractivity contribution in [3.05, 3.63) is 59.2 Å². The van der Waals surface area contributed by atoms with Gasteiger partial charge < -0.3 is 4.72 Å². The highest BCUT2D eigenvalue weighted by atomic mass is 32.2. The third-order valence-electron chi connectivity index (χ3n) is 3.72. The molecular formula is C19H22F3NS. The van der Waals surface area contributed by atoms with Gasteiger partial charge in [-0.25, -0.2) is 0 Å². The molecule has 130 valence electrons. The van der Waals surface area contributed by atoms with Gasteiger partial charge in [-0.1, -0.05) is 49.4 Å². The number of benzene rings is 2. The molecule has 0 aliphatic carbocycles. The minimum Gasteiger partial charge on any atom is -0.332 e. The molecule has 0 amide bonds. The van der Waals surface area contributed by atoms with Gasteiger partial charge in [0.25, 0.3) is 0 Å². The molecule has 0 bridgehead atoms. The first kappa shape index (κ1) is 18.6. The van der Waals surface area contributed by atoms with Gasteiger partial charge in [0.1, 0.15) is 0 Å². The Morgan fingerprint density at radius 1 is 1.00 bits per heavy atom. The van der Waals surface area contributed by atoms with Gasteiger partial charge >= 0.3 is 6.18 Å². The molecule has 5 heteroatoms. The quantitative estimate of drug-likeness (QED) is 0.630. The summed E-state index contributed by atoms with van der Waals surface area (Å²) >= 11 is 0. The highest BCUT2D eigenvalue weighted by molar-refractivity contribution is 8.15. The smallest absolute Gasteiger partial charge is 0.332 e. The van der Waals surface area contributed by atoms with Crippen molar-refractivity contribution in [1.82, 2.24) is 0 Å². The normalized spacial score (nSPS) is 13.6. The molecule has 0 radical (unpaired) electrons. The molecule has 0 fully saturated rings. The van der Waals surface area contributed by atoms with Crippen LogP contribution < -0.4 is 4.72 Å². The van der Waals surface area contributed by atoms with Crippen LogP contribution >= 0.6 is 10.7 Å². The molecular weight excluding hydrogens is 331 g/mol. The second-order valence-electron chi connectivity index (χ2n) is 6.80. The number of alkyl halides is 3. The molecule has 2 aromatic carbocycles. The largest absolute Gasteiger partial charge is 0.416 e. The van der Waals surface area contributed by atoms with Gasteiger partial charge in [0.05, 0.1) is 5.56 Å². The fraction of sp³-hybridized carbons (Fsp3) is 0.316. The number of rotatable bonds is 3. The molecule has 2 aromatic rings. The Hall–Kier alpha value is -1.75. The van der Waals surface area contributed by atoms with Crippen molar-refractivity contribution in [3.8, 4) is 0 Å². The lowest BCUT2D eigenvalue weighted by Gasteiger charge is -2.22. The molecule has 0 aliphatic rings. The number of hydrogen-bond donors (Lipinski definition) is 1. The lowest BCUT2D eigenvalue weighted by atomic mass is 9.84. The fourth-order valence-corrected chi connectivity index (χ4v) is 3.64. The first-order valence-corrected chi connectivity index (χ1v) is 8.97. The van der Waals surface area contributed by atoms with Crippen LogP contribution in [0.1, 0.15) is 37.5 Å². The van der Waals surface area contributed by atoms with Crippen LogP contribution in [0.15, 0.2) is 47.4 Å². The van der Waals surface area contributed by atoms with Gasteiger partial charge in [-0.15, -0.1) is 0 Å². The maximum atomic E-state index is 12.8. The van der Waals surface area contributed by atoms with Crippen molar-refractivity contribution in [2.24, 2.45) is 0 Å². The van der Waals surface area contributed by atoms with Crippen LogP contribution in [0.25, 0.3) is 0 Å². The van der Waals surface area contributed by atoms with Crippen LogP contribution in [0.2, 0.25) is 0 Å². The summed E-state index contributed by atoms with van der Waals surface area (Å²) in [6.07, 6.45) is -4.34. The molecule has 1 nitrogen and oxygen atoms in total. The maximum absolute atomic E-state index is 12.8. The van der Waals surface area contributed by atoms with Crippen LogP contribution in [-0.4, -0.2) is 5.87 Å². The monoisotopic (exact) mass is 353 g/mol. The maximum Gasteiger partial charge on any atom is 0.416 e. The third kappa shape index (κ3) is 4.41. The second kappa shape index (κ2) is 6.63. The summed E-state index contributed by atoms with van der Waals surface area (Å²) in [6.45, 7) is 8.49. The van der Waals surface area contributed by atoms with Gasteiger partial charge in [0.15, 0.2) is 0 Å². The zero-order valence-electron chi connectivity index (χ0n) is 14.3. The zero-order chi connectivity index (χ0) is 18.1. The summed E-state index contributed by atoms with van der Waals surface area (Å²) in [5, 5.41) is 0. The van der Waals surface area contributed by atoms with Crippen molar-refractivity contribution in [1.29, 1.82) is 0 Å². The third-order valence-corrected chi connectivity index (χ3v) is 5.03. The molecule has 2 rings (SSSR count). The van der Waals surface area contributed by atoms with Crippen LogP contribution in [-0.2, 0) is 11.6 Å². The van der Waals surface area contributed by atoms with Crippen molar-refractivity contribution < 1.29 is 13.2 Å². The van der Waals surface area contributed by atoms with Crippen molar-refractivity contribution in [3.63, 3.8) is 0 Å². The van der Waals surface area contributed by atoms with Gasteiger partial charge in [0, 0.05) is 10.6 Å². The van der Waals surface area contributed by atoms with Crippen molar-refractivity contribution >= 4 is 22.2 Å². The Kier molecular flexibility index (Phi) is 5.14. The number of nitrogens with one attached hydrogen (secondary N) is 1. The molecule has 1 unspecified atom stereocenters. The molecule has 0 aromatic heterocycles.